The molecule has 8 rings (SSSR count). The molecule has 6 aliphatic carbocycles. The van der Waals surface area contributed by atoms with Crippen LogP contribution in [0.25, 0.3) is 0 Å². The molecule has 2 aliphatic heterocycles. The Labute approximate surface area is 496 Å². The Balaban J connectivity index is 0.000000258. The van der Waals surface area contributed by atoms with Gasteiger partial charge in [-0.25, -0.2) is 0 Å². The zero-order valence-electron chi connectivity index (χ0n) is 51.0. The topological polar surface area (TPSA) is 220 Å². The normalized spacial score (nSPS) is 42.0. The standard InChI is InChI=1S/2C32H52N2O5S.CH4/c2*1-8-30(6)16-24(31(7)20(4)11-13-32(21(5)28(30)37)14-12-23(35)27(31)32)39-25(36)18-40-22-10-9-15-34(17-22)29(38)26(33)19(2)3;/h2*8,19-22,24,26-28,37H,1,9-18,33H2,2-7H3;1H4/t20?,21-,22+,24+,26+,27?,28-,30+,31-,32-;20?,21-,22-,24+,26+,27?,28-,30+,31-,32-;/m00./s1. The van der Waals surface area contributed by atoms with Crippen LogP contribution in [-0.4, -0.2) is 140 Å². The number of nitrogens with two attached hydrogens (primary N) is 2. The zero-order valence-corrected chi connectivity index (χ0v) is 52.6. The fourth-order valence-electron chi connectivity index (χ4n) is 17.3. The summed E-state index contributed by atoms with van der Waals surface area (Å²) in [6, 6.07) is -1.01. The van der Waals surface area contributed by atoms with Crippen molar-refractivity contribution in [2.24, 2.45) is 91.3 Å². The van der Waals surface area contributed by atoms with Gasteiger partial charge in [-0.3, -0.25) is 28.8 Å². The Morgan fingerprint density at radius 3 is 1.30 bits per heavy atom. The second-order valence-corrected chi connectivity index (χ2v) is 31.0. The molecule has 14 nitrogen and oxygen atoms in total. The van der Waals surface area contributed by atoms with Crippen LogP contribution < -0.4 is 11.5 Å². The van der Waals surface area contributed by atoms with Crippen molar-refractivity contribution in [1.82, 2.24) is 9.80 Å². The molecule has 16 heteroatoms. The molecule has 0 aromatic rings. The molecule has 2 saturated heterocycles. The van der Waals surface area contributed by atoms with Crippen LogP contribution >= 0.6 is 23.5 Å². The minimum Gasteiger partial charge on any atom is -0.461 e. The van der Waals surface area contributed by atoms with Crippen molar-refractivity contribution >= 4 is 58.8 Å². The summed E-state index contributed by atoms with van der Waals surface area (Å²) in [4.78, 5) is 83.4. The highest BCUT2D eigenvalue weighted by Gasteiger charge is 2.70. The zero-order chi connectivity index (χ0) is 59.2. The lowest BCUT2D eigenvalue weighted by molar-refractivity contribution is -0.205. The minimum absolute atomic E-state index is 0. The van der Waals surface area contributed by atoms with Crippen LogP contribution in [0, 0.1) is 79.8 Å². The molecule has 4 bridgehead atoms. The number of hydrogen-bond acceptors (Lipinski definition) is 14. The number of carbonyl (C=O) groups excluding carboxylic acids is 6. The van der Waals surface area contributed by atoms with Crippen molar-refractivity contribution in [3.05, 3.63) is 25.3 Å². The number of esters is 2. The first-order valence-corrected chi connectivity index (χ1v) is 32.9. The van der Waals surface area contributed by atoms with Gasteiger partial charge in [-0.15, -0.1) is 36.7 Å². The van der Waals surface area contributed by atoms with Gasteiger partial charge in [0.15, 0.2) is 0 Å². The molecule has 4 unspecified atom stereocenters. The van der Waals surface area contributed by atoms with E-state index in [1.165, 1.54) is 0 Å². The number of rotatable bonds is 14. The average Bonchev–Trinajstić information content (AvgIpc) is 3.91. The molecule has 6 saturated carbocycles. The Hall–Kier alpha value is -2.76. The van der Waals surface area contributed by atoms with Gasteiger partial charge in [-0.1, -0.05) is 103 Å². The maximum Gasteiger partial charge on any atom is 0.316 e. The van der Waals surface area contributed by atoms with E-state index in [-0.39, 0.29) is 123 Å². The maximum atomic E-state index is 13.6. The number of Topliss-reactive ketones (excluding diaryl/α,β-unsaturated/α-hetero) is 2. The largest absolute Gasteiger partial charge is 0.461 e. The first-order valence-electron chi connectivity index (χ1n) is 30.8. The minimum atomic E-state index is -0.671. The number of piperidine rings is 2. The molecule has 2 amide bonds. The van der Waals surface area contributed by atoms with Crippen molar-refractivity contribution < 1.29 is 48.5 Å². The number of ketones is 2. The number of hydrogen-bond donors (Lipinski definition) is 4. The van der Waals surface area contributed by atoms with E-state index in [1.807, 2.05) is 63.5 Å². The highest BCUT2D eigenvalue weighted by atomic mass is 32.2. The Morgan fingerprint density at radius 1 is 0.630 bits per heavy atom. The summed E-state index contributed by atoms with van der Waals surface area (Å²) in [7, 11) is 0. The lowest BCUT2D eigenvalue weighted by atomic mass is 9.44. The van der Waals surface area contributed by atoms with E-state index >= 15 is 0 Å². The molecule has 8 fully saturated rings. The van der Waals surface area contributed by atoms with E-state index < -0.39 is 58.2 Å². The van der Waals surface area contributed by atoms with Crippen molar-refractivity contribution in [1.29, 1.82) is 0 Å². The predicted octanol–water partition coefficient (Wildman–Crippen LogP) is 9.84. The van der Waals surface area contributed by atoms with Gasteiger partial charge in [-0.2, -0.15) is 0 Å². The van der Waals surface area contributed by atoms with Gasteiger partial charge in [0.1, 0.15) is 23.8 Å². The van der Waals surface area contributed by atoms with Gasteiger partial charge in [0, 0.05) is 83.0 Å². The molecule has 8 aliphatic rings. The maximum absolute atomic E-state index is 13.6. The third-order valence-corrected chi connectivity index (χ3v) is 25.9. The van der Waals surface area contributed by atoms with E-state index in [1.54, 1.807) is 23.5 Å². The Morgan fingerprint density at radius 2 is 0.975 bits per heavy atom. The van der Waals surface area contributed by atoms with E-state index in [4.69, 9.17) is 20.9 Å². The number of ether oxygens (including phenoxy) is 2. The van der Waals surface area contributed by atoms with Crippen molar-refractivity contribution in [3.8, 4) is 0 Å². The molecular weight excluding hydrogens is 1060 g/mol. The Kier molecular flexibility index (Phi) is 21.7. The number of aliphatic hydroxyl groups is 2. The Bertz CT molecular complexity index is 2160. The molecule has 0 aromatic carbocycles. The number of nitrogens with zero attached hydrogens (tertiary/aromatic N) is 2. The van der Waals surface area contributed by atoms with E-state index in [2.05, 4.69) is 54.7 Å². The van der Waals surface area contributed by atoms with E-state index in [9.17, 15) is 39.0 Å². The molecule has 6 N–H and O–H groups in total. The molecule has 460 valence electrons. The smallest absolute Gasteiger partial charge is 0.316 e. The fourth-order valence-corrected chi connectivity index (χ4v) is 19.4. The number of thioether (sulfide) groups is 2. The van der Waals surface area contributed by atoms with Gasteiger partial charge in [-0.05, 0) is 123 Å². The van der Waals surface area contributed by atoms with Gasteiger partial charge < -0.3 is 41.0 Å². The highest BCUT2D eigenvalue weighted by Crippen LogP contribution is 2.70. The van der Waals surface area contributed by atoms with Crippen molar-refractivity contribution in [3.63, 3.8) is 0 Å². The summed E-state index contributed by atoms with van der Waals surface area (Å²) < 4.78 is 12.8. The van der Waals surface area contributed by atoms with Gasteiger partial charge in [0.05, 0.1) is 35.8 Å². The average molecular weight is 1170 g/mol. The van der Waals surface area contributed by atoms with Crippen LogP contribution in [-0.2, 0) is 38.2 Å². The van der Waals surface area contributed by atoms with Gasteiger partial charge in [0.25, 0.3) is 0 Å². The highest BCUT2D eigenvalue weighted by molar-refractivity contribution is 8.00. The van der Waals surface area contributed by atoms with Crippen molar-refractivity contribution in [2.75, 3.05) is 37.7 Å². The lowest BCUT2D eigenvalue weighted by Gasteiger charge is -2.61. The first kappa shape index (κ1) is 67.4. The second kappa shape index (κ2) is 26.1. The summed E-state index contributed by atoms with van der Waals surface area (Å²) in [6.45, 7) is 35.6. The summed E-state index contributed by atoms with van der Waals surface area (Å²) in [6.07, 6.45) is 12.2. The molecule has 0 spiro atoms. The van der Waals surface area contributed by atoms with Crippen LogP contribution in [0.4, 0.5) is 0 Å². The number of likely N-dealkylation sites (tertiary alicyclic amines) is 2. The van der Waals surface area contributed by atoms with Crippen molar-refractivity contribution in [2.45, 2.75) is 227 Å². The van der Waals surface area contributed by atoms with Gasteiger partial charge in [0.2, 0.25) is 11.8 Å². The summed E-state index contributed by atoms with van der Waals surface area (Å²) in [5, 5.41) is 23.7. The summed E-state index contributed by atoms with van der Waals surface area (Å²) in [5.74, 6) is 0.317. The van der Waals surface area contributed by atoms with Crippen LogP contribution in [0.5, 0.6) is 0 Å². The molecule has 2 heterocycles. The molecule has 0 radical (unpaired) electrons. The second-order valence-electron chi connectivity index (χ2n) is 28.4. The SMILES string of the molecule is C.C=C[C@]1(C)C[C@@H](OC(=O)CS[C@@H]2CCCN(C(=O)[C@H](N)C(C)C)C2)[C@]2(C)C(C)CC[C@]3(CCC(=O)C32)[C@@H](C)[C@@H]1O.C=C[C@]1(C)C[C@@H](OC(=O)CS[C@H]2CCCN(C(=O)[C@H](N)C(C)C)C2)[C@]2(C)C(C)CC[C@]3(CCC(=O)C32)[C@@H](C)[C@@H]1O. The van der Waals surface area contributed by atoms with Gasteiger partial charge >= 0.3 is 11.9 Å². The fraction of sp³-hybridized carbons (Fsp3) is 0.846. The summed E-state index contributed by atoms with van der Waals surface area (Å²) >= 11 is 3.09. The lowest BCUT2D eigenvalue weighted by Crippen LogP contribution is -2.63. The van der Waals surface area contributed by atoms with Crippen LogP contribution in [0.15, 0.2) is 25.3 Å². The van der Waals surface area contributed by atoms with E-state index in [0.717, 1.165) is 64.2 Å². The summed E-state index contributed by atoms with van der Waals surface area (Å²) in [5.41, 5.74) is 9.40. The number of amides is 2. The molecule has 81 heavy (non-hydrogen) atoms. The molecular formula is C65H108N4O10S2. The number of carbonyl (C=O) groups is 6. The first-order chi connectivity index (χ1) is 37.4. The van der Waals surface area contributed by atoms with E-state index in [0.29, 0.717) is 51.9 Å². The molecule has 20 atom stereocenters. The van der Waals surface area contributed by atoms with Crippen LogP contribution in [0.1, 0.15) is 180 Å². The van der Waals surface area contributed by atoms with Crippen LogP contribution in [0.3, 0.4) is 0 Å². The molecule has 0 aromatic heterocycles. The number of aliphatic hydroxyl groups excluding tert-OH is 2. The van der Waals surface area contributed by atoms with Crippen LogP contribution in [0.2, 0.25) is 0 Å². The quantitative estimate of drug-likeness (QED) is 0.0940. The monoisotopic (exact) mass is 1170 g/mol. The predicted molar refractivity (Wildman–Crippen MR) is 326 cm³/mol. The third-order valence-electron chi connectivity index (χ3n) is 23.4. The third kappa shape index (κ3) is 12.5.